The molecule has 0 spiro atoms. The van der Waals surface area contributed by atoms with Crippen LogP contribution in [0.1, 0.15) is 43.3 Å². The van der Waals surface area contributed by atoms with Crippen LogP contribution < -0.4 is 5.32 Å². The van der Waals surface area contributed by atoms with E-state index in [-0.39, 0.29) is 5.41 Å². The molecule has 0 amide bonds. The molecule has 0 unspecified atom stereocenters. The predicted octanol–water partition coefficient (Wildman–Crippen LogP) is 6.11. The standard InChI is InChI=1S/C26H27N5S/c1-26(2,3)19-8-9-20-22(15-19)31-23(30-20)14-18-6-4-17(5-7-18)10-12-27-25-24-21(11-13-32-24)28-16-29-25/h4-9,11,13,15-16H,10,12,14H2,1-3H3,(H,30,31)(H,27,28,29). The number of imidazole rings is 1. The first-order valence-corrected chi connectivity index (χ1v) is 11.8. The zero-order valence-electron chi connectivity index (χ0n) is 18.6. The Morgan fingerprint density at radius 1 is 0.938 bits per heavy atom. The minimum Gasteiger partial charge on any atom is -0.368 e. The number of rotatable bonds is 6. The van der Waals surface area contributed by atoms with E-state index in [4.69, 9.17) is 4.98 Å². The van der Waals surface area contributed by atoms with Crippen LogP contribution in [0.25, 0.3) is 21.3 Å². The molecule has 3 heterocycles. The van der Waals surface area contributed by atoms with Crippen LogP contribution in [0.4, 0.5) is 5.82 Å². The third-order valence-electron chi connectivity index (χ3n) is 5.74. The Labute approximate surface area is 192 Å². The van der Waals surface area contributed by atoms with Crippen LogP contribution in [0, 0.1) is 0 Å². The van der Waals surface area contributed by atoms with Crippen molar-refractivity contribution < 1.29 is 0 Å². The Bertz CT molecular complexity index is 1360. The van der Waals surface area contributed by atoms with Crippen LogP contribution in [0.15, 0.2) is 60.2 Å². The Morgan fingerprint density at radius 2 is 1.75 bits per heavy atom. The summed E-state index contributed by atoms with van der Waals surface area (Å²) in [6.45, 7) is 7.54. The molecular formula is C26H27N5S. The molecule has 0 radical (unpaired) electrons. The van der Waals surface area contributed by atoms with Crippen molar-refractivity contribution in [1.29, 1.82) is 0 Å². The Kier molecular flexibility index (Phi) is 5.39. The van der Waals surface area contributed by atoms with Crippen LogP contribution >= 0.6 is 11.3 Å². The van der Waals surface area contributed by atoms with E-state index in [1.54, 1.807) is 17.7 Å². The Hall–Kier alpha value is -3.25. The SMILES string of the molecule is CC(C)(C)c1ccc2nc(Cc3ccc(CCNc4ncnc5ccsc45)cc3)[nH]c2c1. The molecule has 32 heavy (non-hydrogen) atoms. The van der Waals surface area contributed by atoms with Crippen molar-refractivity contribution in [3.8, 4) is 0 Å². The Morgan fingerprint density at radius 3 is 2.56 bits per heavy atom. The fourth-order valence-corrected chi connectivity index (χ4v) is 4.68. The van der Waals surface area contributed by atoms with E-state index in [2.05, 4.69) is 88.9 Å². The number of nitrogens with one attached hydrogen (secondary N) is 2. The molecule has 5 nitrogen and oxygen atoms in total. The lowest BCUT2D eigenvalue weighted by atomic mass is 9.87. The molecule has 6 heteroatoms. The molecule has 2 aromatic carbocycles. The Balaban J connectivity index is 1.21. The van der Waals surface area contributed by atoms with Gasteiger partial charge in [0, 0.05) is 13.0 Å². The molecule has 162 valence electrons. The number of nitrogens with zero attached hydrogens (tertiary/aromatic N) is 3. The molecule has 0 bridgehead atoms. The van der Waals surface area contributed by atoms with Gasteiger partial charge in [0.15, 0.2) is 0 Å². The second-order valence-corrected chi connectivity index (χ2v) is 10.1. The van der Waals surface area contributed by atoms with E-state index in [1.165, 1.54) is 16.7 Å². The van der Waals surface area contributed by atoms with Crippen LogP contribution in [-0.4, -0.2) is 26.5 Å². The average molecular weight is 442 g/mol. The van der Waals surface area contributed by atoms with Crippen LogP contribution in [0.2, 0.25) is 0 Å². The van der Waals surface area contributed by atoms with Gasteiger partial charge in [0.05, 0.1) is 21.3 Å². The number of hydrogen-bond donors (Lipinski definition) is 2. The quantitative estimate of drug-likeness (QED) is 0.334. The molecule has 0 fully saturated rings. The summed E-state index contributed by atoms with van der Waals surface area (Å²) in [4.78, 5) is 17.0. The first-order valence-electron chi connectivity index (χ1n) is 10.9. The van der Waals surface area contributed by atoms with Crippen molar-refractivity contribution in [2.45, 2.75) is 39.0 Å². The largest absolute Gasteiger partial charge is 0.368 e. The van der Waals surface area contributed by atoms with Gasteiger partial charge in [-0.15, -0.1) is 11.3 Å². The molecule has 0 aliphatic rings. The van der Waals surface area contributed by atoms with Crippen molar-refractivity contribution in [1.82, 2.24) is 19.9 Å². The topological polar surface area (TPSA) is 66.5 Å². The van der Waals surface area contributed by atoms with Gasteiger partial charge in [0.1, 0.15) is 18.0 Å². The van der Waals surface area contributed by atoms with E-state index in [9.17, 15) is 0 Å². The van der Waals surface area contributed by atoms with Crippen LogP contribution in [0.5, 0.6) is 0 Å². The van der Waals surface area contributed by atoms with Gasteiger partial charge in [-0.05, 0) is 52.1 Å². The third kappa shape index (κ3) is 4.36. The number of anilines is 1. The monoisotopic (exact) mass is 441 g/mol. The van der Waals surface area contributed by atoms with Gasteiger partial charge in [-0.2, -0.15) is 0 Å². The van der Waals surface area contributed by atoms with Gasteiger partial charge in [0.25, 0.3) is 0 Å². The fourth-order valence-electron chi connectivity index (χ4n) is 3.87. The van der Waals surface area contributed by atoms with E-state index in [0.717, 1.165) is 52.3 Å². The number of benzene rings is 2. The number of fused-ring (bicyclic) bond motifs is 2. The van der Waals surface area contributed by atoms with Crippen molar-refractivity contribution in [3.05, 3.63) is 82.8 Å². The van der Waals surface area contributed by atoms with E-state index < -0.39 is 0 Å². The van der Waals surface area contributed by atoms with E-state index in [1.807, 2.05) is 6.07 Å². The lowest BCUT2D eigenvalue weighted by molar-refractivity contribution is 0.591. The summed E-state index contributed by atoms with van der Waals surface area (Å²) in [7, 11) is 0. The van der Waals surface area contributed by atoms with Gasteiger partial charge in [-0.3, -0.25) is 0 Å². The summed E-state index contributed by atoms with van der Waals surface area (Å²) in [5, 5.41) is 5.50. The number of thiophene rings is 1. The number of aromatic amines is 1. The van der Waals surface area contributed by atoms with Gasteiger partial charge in [0.2, 0.25) is 0 Å². The van der Waals surface area contributed by atoms with Crippen molar-refractivity contribution >= 4 is 38.4 Å². The lowest BCUT2D eigenvalue weighted by Gasteiger charge is -2.18. The van der Waals surface area contributed by atoms with Gasteiger partial charge in [-0.1, -0.05) is 51.1 Å². The van der Waals surface area contributed by atoms with E-state index >= 15 is 0 Å². The number of aromatic nitrogens is 4. The molecule has 5 aromatic rings. The smallest absolute Gasteiger partial charge is 0.147 e. The maximum absolute atomic E-state index is 4.78. The number of hydrogen-bond acceptors (Lipinski definition) is 5. The molecule has 0 saturated heterocycles. The normalized spacial score (nSPS) is 12.0. The summed E-state index contributed by atoms with van der Waals surface area (Å²) < 4.78 is 1.11. The van der Waals surface area contributed by atoms with E-state index in [0.29, 0.717) is 0 Å². The second-order valence-electron chi connectivity index (χ2n) is 9.19. The molecule has 3 aromatic heterocycles. The van der Waals surface area contributed by atoms with Crippen molar-refractivity contribution in [2.75, 3.05) is 11.9 Å². The highest BCUT2D eigenvalue weighted by atomic mass is 32.1. The minimum absolute atomic E-state index is 0.132. The highest BCUT2D eigenvalue weighted by Crippen LogP contribution is 2.26. The summed E-state index contributed by atoms with van der Waals surface area (Å²) in [6.07, 6.45) is 3.36. The molecular weight excluding hydrogens is 414 g/mol. The van der Waals surface area contributed by atoms with Crippen molar-refractivity contribution in [3.63, 3.8) is 0 Å². The van der Waals surface area contributed by atoms with Gasteiger partial charge < -0.3 is 10.3 Å². The van der Waals surface area contributed by atoms with Gasteiger partial charge >= 0.3 is 0 Å². The molecule has 0 aliphatic carbocycles. The maximum Gasteiger partial charge on any atom is 0.147 e. The average Bonchev–Trinajstić information content (AvgIpc) is 3.40. The zero-order valence-corrected chi connectivity index (χ0v) is 19.5. The highest BCUT2D eigenvalue weighted by molar-refractivity contribution is 7.17. The minimum atomic E-state index is 0.132. The maximum atomic E-state index is 4.78. The molecule has 2 N–H and O–H groups in total. The second kappa shape index (κ2) is 8.36. The summed E-state index contributed by atoms with van der Waals surface area (Å²) in [5.41, 5.74) is 7.15. The molecule has 5 rings (SSSR count). The summed E-state index contributed by atoms with van der Waals surface area (Å²) in [6, 6.07) is 17.4. The molecule has 0 saturated carbocycles. The summed E-state index contributed by atoms with van der Waals surface area (Å²) in [5.74, 6) is 1.92. The zero-order chi connectivity index (χ0) is 22.1. The first-order chi connectivity index (χ1) is 15.5. The summed E-state index contributed by atoms with van der Waals surface area (Å²) >= 11 is 1.67. The van der Waals surface area contributed by atoms with Crippen LogP contribution in [0.3, 0.4) is 0 Å². The highest BCUT2D eigenvalue weighted by Gasteiger charge is 2.15. The first kappa shape index (κ1) is 20.6. The fraction of sp³-hybridized carbons (Fsp3) is 0.269. The van der Waals surface area contributed by atoms with Gasteiger partial charge in [-0.25, -0.2) is 15.0 Å². The molecule has 0 atom stereocenters. The predicted molar refractivity (Wildman–Crippen MR) is 134 cm³/mol. The molecule has 0 aliphatic heterocycles. The van der Waals surface area contributed by atoms with Crippen LogP contribution in [-0.2, 0) is 18.3 Å². The lowest BCUT2D eigenvalue weighted by Crippen LogP contribution is -2.10. The third-order valence-corrected chi connectivity index (χ3v) is 6.65. The number of H-pyrrole nitrogens is 1. The van der Waals surface area contributed by atoms with Crippen molar-refractivity contribution in [2.24, 2.45) is 0 Å².